The summed E-state index contributed by atoms with van der Waals surface area (Å²) in [4.78, 5) is 17.3. The van der Waals surface area contributed by atoms with Crippen LogP contribution in [-0.2, 0) is 4.79 Å². The van der Waals surface area contributed by atoms with Crippen molar-refractivity contribution in [1.82, 2.24) is 5.01 Å². The van der Waals surface area contributed by atoms with E-state index in [0.717, 1.165) is 11.3 Å². The number of carbonyl (C=O) groups is 1. The Kier molecular flexibility index (Phi) is 5.33. The van der Waals surface area contributed by atoms with Crippen molar-refractivity contribution in [2.45, 2.75) is 12.5 Å². The maximum Gasteiger partial charge on any atom is 0.286 e. The predicted molar refractivity (Wildman–Crippen MR) is 125 cm³/mol. The van der Waals surface area contributed by atoms with Gasteiger partial charge in [0.2, 0.25) is 0 Å². The zero-order chi connectivity index (χ0) is 22.1. The molecule has 0 fully saturated rings. The summed E-state index contributed by atoms with van der Waals surface area (Å²) >= 11 is 1.22. The Morgan fingerprint density at radius 3 is 2.47 bits per heavy atom. The number of thioether (sulfide) groups is 1. The average molecular weight is 444 g/mol. The fraction of sp³-hybridized carbons (Fsp3) is 0.0800. The summed E-state index contributed by atoms with van der Waals surface area (Å²) in [5, 5.41) is 17.4. The van der Waals surface area contributed by atoms with Crippen LogP contribution in [0.3, 0.4) is 0 Å². The van der Waals surface area contributed by atoms with E-state index >= 15 is 0 Å². The van der Waals surface area contributed by atoms with E-state index in [1.807, 2.05) is 42.5 Å². The normalized spacial score (nSPS) is 19.4. The monoisotopic (exact) mass is 443 g/mol. The molecule has 0 bridgehead atoms. The molecule has 1 amide bonds. The molecular formula is C25H18FN3O2S. The molecule has 0 spiro atoms. The third-order valence-electron chi connectivity index (χ3n) is 5.29. The number of phenols is 1. The Balaban J connectivity index is 1.49. The Labute approximate surface area is 188 Å². The highest BCUT2D eigenvalue weighted by Gasteiger charge is 2.37. The van der Waals surface area contributed by atoms with Gasteiger partial charge in [-0.25, -0.2) is 9.40 Å². The van der Waals surface area contributed by atoms with E-state index in [2.05, 4.69) is 4.99 Å². The SMILES string of the molecule is O=C1N=C(N2N=C(c3ccccc3)CC2c2ccccc2O)S/C1=C\c1ccc(F)cc1. The number of rotatable bonds is 3. The number of hydrazone groups is 1. The molecule has 32 heavy (non-hydrogen) atoms. The number of aliphatic imine (C=N–C) groups is 1. The van der Waals surface area contributed by atoms with Crippen molar-refractivity contribution in [2.75, 3.05) is 0 Å². The van der Waals surface area contributed by atoms with Gasteiger partial charge in [-0.2, -0.15) is 10.1 Å². The minimum atomic E-state index is -0.367. The Morgan fingerprint density at radius 1 is 1.00 bits per heavy atom. The number of benzene rings is 3. The number of para-hydroxylation sites is 1. The number of aromatic hydroxyl groups is 1. The summed E-state index contributed by atoms with van der Waals surface area (Å²) in [6, 6.07) is 22.6. The minimum absolute atomic E-state index is 0.170. The molecule has 1 atom stereocenters. The molecule has 3 aromatic rings. The van der Waals surface area contributed by atoms with Crippen LogP contribution >= 0.6 is 11.8 Å². The average Bonchev–Trinajstić information content (AvgIpc) is 3.40. The van der Waals surface area contributed by atoms with E-state index in [4.69, 9.17) is 5.10 Å². The first-order valence-electron chi connectivity index (χ1n) is 10.1. The van der Waals surface area contributed by atoms with Crippen molar-refractivity contribution >= 4 is 34.6 Å². The van der Waals surface area contributed by atoms with E-state index in [1.165, 1.54) is 23.9 Å². The highest BCUT2D eigenvalue weighted by Crippen LogP contribution is 2.41. The number of amidine groups is 1. The Hall–Kier alpha value is -3.71. The number of halogens is 1. The molecule has 5 nitrogen and oxygen atoms in total. The maximum absolute atomic E-state index is 13.2. The van der Waals surface area contributed by atoms with Gasteiger partial charge in [0.25, 0.3) is 5.91 Å². The van der Waals surface area contributed by atoms with Crippen molar-refractivity contribution in [3.63, 3.8) is 0 Å². The van der Waals surface area contributed by atoms with E-state index < -0.39 is 0 Å². The number of hydrogen-bond donors (Lipinski definition) is 1. The van der Waals surface area contributed by atoms with Crippen LogP contribution in [0, 0.1) is 5.82 Å². The van der Waals surface area contributed by atoms with Crippen LogP contribution in [0.2, 0.25) is 0 Å². The van der Waals surface area contributed by atoms with Crippen LogP contribution in [0.5, 0.6) is 5.75 Å². The molecule has 0 saturated carbocycles. The zero-order valence-corrected chi connectivity index (χ0v) is 17.7. The van der Waals surface area contributed by atoms with Crippen LogP contribution in [0.15, 0.2) is 93.9 Å². The molecule has 2 aliphatic heterocycles. The molecule has 0 aliphatic carbocycles. The maximum atomic E-state index is 13.2. The number of amides is 1. The van der Waals surface area contributed by atoms with Crippen molar-refractivity contribution in [3.05, 3.63) is 106 Å². The van der Waals surface area contributed by atoms with E-state index in [0.29, 0.717) is 27.6 Å². The second-order valence-corrected chi connectivity index (χ2v) is 8.41. The predicted octanol–water partition coefficient (Wildman–Crippen LogP) is 5.35. The highest BCUT2D eigenvalue weighted by atomic mass is 32.2. The molecular weight excluding hydrogens is 425 g/mol. The van der Waals surface area contributed by atoms with Gasteiger partial charge in [-0.3, -0.25) is 4.79 Å². The lowest BCUT2D eigenvalue weighted by molar-refractivity contribution is -0.113. The summed E-state index contributed by atoms with van der Waals surface area (Å²) in [5.74, 6) is -0.530. The first-order valence-corrected chi connectivity index (χ1v) is 10.9. The van der Waals surface area contributed by atoms with E-state index in [9.17, 15) is 14.3 Å². The molecule has 2 heterocycles. The molecule has 7 heteroatoms. The third-order valence-corrected chi connectivity index (χ3v) is 6.26. The molecule has 0 radical (unpaired) electrons. The van der Waals surface area contributed by atoms with Gasteiger partial charge in [-0.1, -0.05) is 60.7 Å². The highest BCUT2D eigenvalue weighted by molar-refractivity contribution is 8.18. The fourth-order valence-corrected chi connectivity index (χ4v) is 4.62. The largest absolute Gasteiger partial charge is 0.508 e. The quantitative estimate of drug-likeness (QED) is 0.554. The third kappa shape index (κ3) is 3.94. The smallest absolute Gasteiger partial charge is 0.286 e. The van der Waals surface area contributed by atoms with Gasteiger partial charge < -0.3 is 5.11 Å². The van der Waals surface area contributed by atoms with E-state index in [1.54, 1.807) is 35.4 Å². The molecule has 1 unspecified atom stereocenters. The summed E-state index contributed by atoms with van der Waals surface area (Å²) in [5.41, 5.74) is 3.26. The van der Waals surface area contributed by atoms with Crippen LogP contribution in [0.25, 0.3) is 6.08 Å². The van der Waals surface area contributed by atoms with Gasteiger partial charge in [0.1, 0.15) is 11.6 Å². The van der Waals surface area contributed by atoms with Gasteiger partial charge in [0.15, 0.2) is 5.17 Å². The van der Waals surface area contributed by atoms with Gasteiger partial charge in [-0.05, 0) is 47.2 Å². The van der Waals surface area contributed by atoms with Gasteiger partial charge in [0, 0.05) is 12.0 Å². The molecule has 1 N–H and O–H groups in total. The second-order valence-electron chi connectivity index (χ2n) is 7.40. The standard InChI is InChI=1S/C25H18FN3O2S/c26-18-12-10-16(11-13-18)14-23-24(31)27-25(32-23)29-21(19-8-4-5-9-22(19)30)15-20(28-29)17-6-2-1-3-7-17/h1-14,21,30H,15H2/b23-14-. The number of carbonyl (C=O) groups excluding carboxylic acids is 1. The van der Waals surface area contributed by atoms with Crippen molar-refractivity contribution in [1.29, 1.82) is 0 Å². The Bertz CT molecular complexity index is 1270. The summed E-state index contributed by atoms with van der Waals surface area (Å²) in [7, 11) is 0. The molecule has 5 rings (SSSR count). The van der Waals surface area contributed by atoms with Crippen LogP contribution in [0.4, 0.5) is 4.39 Å². The number of hydrogen-bond acceptors (Lipinski definition) is 5. The number of phenolic OH excluding ortho intramolecular Hbond substituents is 1. The van der Waals surface area contributed by atoms with Crippen molar-refractivity contribution < 1.29 is 14.3 Å². The molecule has 3 aromatic carbocycles. The number of nitrogens with zero attached hydrogens (tertiary/aromatic N) is 3. The van der Waals surface area contributed by atoms with E-state index in [-0.39, 0.29) is 23.5 Å². The van der Waals surface area contributed by atoms with Crippen molar-refractivity contribution in [3.8, 4) is 5.75 Å². The minimum Gasteiger partial charge on any atom is -0.508 e. The van der Waals surface area contributed by atoms with Gasteiger partial charge in [0.05, 0.1) is 16.7 Å². The zero-order valence-electron chi connectivity index (χ0n) is 16.9. The van der Waals surface area contributed by atoms with Crippen molar-refractivity contribution in [2.24, 2.45) is 10.1 Å². The van der Waals surface area contributed by atoms with Crippen LogP contribution < -0.4 is 0 Å². The summed E-state index contributed by atoms with van der Waals surface area (Å²) in [6.45, 7) is 0. The van der Waals surface area contributed by atoms with Gasteiger partial charge >= 0.3 is 0 Å². The lowest BCUT2D eigenvalue weighted by Crippen LogP contribution is -2.23. The fourth-order valence-electron chi connectivity index (χ4n) is 3.71. The first kappa shape index (κ1) is 20.2. The van der Waals surface area contributed by atoms with Crippen LogP contribution in [0.1, 0.15) is 29.2 Å². The van der Waals surface area contributed by atoms with Crippen LogP contribution in [-0.4, -0.2) is 26.9 Å². The first-order chi connectivity index (χ1) is 15.6. The second kappa shape index (κ2) is 8.43. The molecule has 0 aromatic heterocycles. The lowest BCUT2D eigenvalue weighted by Gasteiger charge is -2.23. The Morgan fingerprint density at radius 2 is 1.72 bits per heavy atom. The topological polar surface area (TPSA) is 65.3 Å². The lowest BCUT2D eigenvalue weighted by atomic mass is 9.98. The summed E-state index contributed by atoms with van der Waals surface area (Å²) < 4.78 is 13.2. The molecule has 0 saturated heterocycles. The molecule has 2 aliphatic rings. The molecule has 158 valence electrons. The summed E-state index contributed by atoms with van der Waals surface area (Å²) in [6.07, 6.45) is 2.25. The van der Waals surface area contributed by atoms with Gasteiger partial charge in [-0.15, -0.1) is 0 Å².